The van der Waals surface area contributed by atoms with E-state index in [0.29, 0.717) is 18.1 Å². The van der Waals surface area contributed by atoms with Crippen LogP contribution < -0.4 is 11.1 Å². The van der Waals surface area contributed by atoms with Gasteiger partial charge in [0.05, 0.1) is 23.9 Å². The molecule has 3 heterocycles. The fourth-order valence-corrected chi connectivity index (χ4v) is 4.77. The number of nitrogens with zero attached hydrogens (tertiary/aromatic N) is 2. The minimum absolute atomic E-state index is 0.0565. The predicted octanol–water partition coefficient (Wildman–Crippen LogP) is 2.87. The van der Waals surface area contributed by atoms with Crippen molar-refractivity contribution in [2.45, 2.75) is 49.7 Å². The fraction of sp³-hybridized carbons (Fsp3) is 0.588. The van der Waals surface area contributed by atoms with Gasteiger partial charge in [-0.3, -0.25) is 4.79 Å². The Morgan fingerprint density at radius 2 is 2.28 bits per heavy atom. The largest absolute Gasteiger partial charge is 0.444 e. The highest BCUT2D eigenvalue weighted by molar-refractivity contribution is 7.99. The SMILES string of the molecule is CC(C)(C)c1cnc(CSC2CNC(c3nccs3)CC2C(N)=O)o1. The third-order valence-corrected chi connectivity index (χ3v) is 6.56. The predicted molar refractivity (Wildman–Crippen MR) is 100 cm³/mol. The summed E-state index contributed by atoms with van der Waals surface area (Å²) >= 11 is 3.28. The number of oxazole rings is 1. The number of aromatic nitrogens is 2. The number of thiazole rings is 1. The molecular formula is C17H24N4O2S2. The van der Waals surface area contributed by atoms with E-state index in [-0.39, 0.29) is 28.5 Å². The highest BCUT2D eigenvalue weighted by Gasteiger charge is 2.36. The molecule has 1 aliphatic heterocycles. The maximum Gasteiger partial charge on any atom is 0.221 e. The summed E-state index contributed by atoms with van der Waals surface area (Å²) in [6.45, 7) is 7.00. The van der Waals surface area contributed by atoms with Crippen molar-refractivity contribution in [3.05, 3.63) is 34.4 Å². The van der Waals surface area contributed by atoms with Gasteiger partial charge in [-0.05, 0) is 6.42 Å². The summed E-state index contributed by atoms with van der Waals surface area (Å²) in [6.07, 6.45) is 4.26. The molecule has 3 atom stereocenters. The number of rotatable bonds is 5. The number of piperidine rings is 1. The van der Waals surface area contributed by atoms with Crippen LogP contribution in [0.25, 0.3) is 0 Å². The number of hydrogen-bond acceptors (Lipinski definition) is 7. The normalized spacial score (nSPS) is 24.4. The molecular weight excluding hydrogens is 356 g/mol. The molecule has 3 N–H and O–H groups in total. The van der Waals surface area contributed by atoms with Crippen LogP contribution in [0.2, 0.25) is 0 Å². The van der Waals surface area contributed by atoms with Crippen molar-refractivity contribution in [1.29, 1.82) is 0 Å². The van der Waals surface area contributed by atoms with Gasteiger partial charge in [0.1, 0.15) is 10.8 Å². The Hall–Kier alpha value is -1.38. The van der Waals surface area contributed by atoms with Crippen LogP contribution in [0.1, 0.15) is 49.9 Å². The van der Waals surface area contributed by atoms with Gasteiger partial charge < -0.3 is 15.5 Å². The molecule has 0 aliphatic carbocycles. The summed E-state index contributed by atoms with van der Waals surface area (Å²) < 4.78 is 5.84. The number of hydrogen-bond donors (Lipinski definition) is 2. The fourth-order valence-electron chi connectivity index (χ4n) is 2.86. The van der Waals surface area contributed by atoms with Crippen molar-refractivity contribution < 1.29 is 9.21 Å². The van der Waals surface area contributed by atoms with Crippen LogP contribution in [0.15, 0.2) is 22.2 Å². The van der Waals surface area contributed by atoms with Gasteiger partial charge in [0.2, 0.25) is 11.8 Å². The number of thioether (sulfide) groups is 1. The third kappa shape index (κ3) is 4.43. The van der Waals surface area contributed by atoms with Gasteiger partial charge in [0.15, 0.2) is 0 Å². The van der Waals surface area contributed by atoms with Gasteiger partial charge in [0.25, 0.3) is 0 Å². The maximum atomic E-state index is 12.0. The Balaban J connectivity index is 1.62. The van der Waals surface area contributed by atoms with Crippen molar-refractivity contribution in [2.75, 3.05) is 6.54 Å². The zero-order valence-corrected chi connectivity index (χ0v) is 16.3. The number of primary amides is 1. The lowest BCUT2D eigenvalue weighted by Crippen LogP contribution is -2.46. The molecule has 1 amide bonds. The van der Waals surface area contributed by atoms with Gasteiger partial charge >= 0.3 is 0 Å². The van der Waals surface area contributed by atoms with E-state index in [1.54, 1.807) is 35.5 Å². The molecule has 1 saturated heterocycles. The van der Waals surface area contributed by atoms with Gasteiger partial charge in [-0.1, -0.05) is 20.8 Å². The lowest BCUT2D eigenvalue weighted by molar-refractivity contribution is -0.122. The first-order valence-corrected chi connectivity index (χ1v) is 10.3. The van der Waals surface area contributed by atoms with E-state index in [1.807, 2.05) is 5.38 Å². The van der Waals surface area contributed by atoms with E-state index >= 15 is 0 Å². The van der Waals surface area contributed by atoms with E-state index in [0.717, 1.165) is 17.3 Å². The van der Waals surface area contributed by atoms with Gasteiger partial charge in [-0.2, -0.15) is 0 Å². The second-order valence-corrected chi connectivity index (χ2v) is 9.45. The van der Waals surface area contributed by atoms with Crippen molar-refractivity contribution in [1.82, 2.24) is 15.3 Å². The second-order valence-electron chi connectivity index (χ2n) is 7.29. The standard InChI is InChI=1S/C17H24N4O2S2/c1-17(2,3)13-8-21-14(23-13)9-25-12-7-20-11(6-10(12)15(18)22)16-19-4-5-24-16/h4-5,8,10-12,20H,6-7,9H2,1-3H3,(H2,18,22). The van der Waals surface area contributed by atoms with E-state index in [9.17, 15) is 4.79 Å². The van der Waals surface area contributed by atoms with Gasteiger partial charge in [-0.25, -0.2) is 9.97 Å². The zero-order chi connectivity index (χ0) is 18.0. The van der Waals surface area contributed by atoms with Crippen molar-refractivity contribution >= 4 is 29.0 Å². The zero-order valence-electron chi connectivity index (χ0n) is 14.7. The number of carbonyl (C=O) groups is 1. The minimum atomic E-state index is -0.247. The number of nitrogens with one attached hydrogen (secondary N) is 1. The number of carbonyl (C=O) groups excluding carboxylic acids is 1. The minimum Gasteiger partial charge on any atom is -0.444 e. The molecule has 0 spiro atoms. The highest BCUT2D eigenvalue weighted by atomic mass is 32.2. The Morgan fingerprint density at radius 1 is 1.48 bits per heavy atom. The van der Waals surface area contributed by atoms with E-state index in [4.69, 9.17) is 10.2 Å². The summed E-state index contributed by atoms with van der Waals surface area (Å²) in [5.41, 5.74) is 5.61. The van der Waals surface area contributed by atoms with Crippen LogP contribution in [0, 0.1) is 5.92 Å². The lowest BCUT2D eigenvalue weighted by Gasteiger charge is -2.34. The monoisotopic (exact) mass is 380 g/mol. The van der Waals surface area contributed by atoms with E-state index in [1.165, 1.54) is 0 Å². The first-order valence-electron chi connectivity index (χ1n) is 8.33. The molecule has 1 fully saturated rings. The summed E-state index contributed by atoms with van der Waals surface area (Å²) in [5.74, 6) is 1.77. The smallest absolute Gasteiger partial charge is 0.221 e. The highest BCUT2D eigenvalue weighted by Crippen LogP contribution is 2.35. The third-order valence-electron chi connectivity index (χ3n) is 4.33. The molecule has 0 bridgehead atoms. The first kappa shape index (κ1) is 18.4. The Bertz CT molecular complexity index is 709. The average molecular weight is 381 g/mol. The Kier molecular flexibility index (Phi) is 5.50. The summed E-state index contributed by atoms with van der Waals surface area (Å²) in [7, 11) is 0. The van der Waals surface area contributed by atoms with Gasteiger partial charge in [-0.15, -0.1) is 23.1 Å². The van der Waals surface area contributed by atoms with Crippen molar-refractivity contribution in [3.8, 4) is 0 Å². The Labute approximate surface area is 156 Å². The molecule has 6 nitrogen and oxygen atoms in total. The molecule has 25 heavy (non-hydrogen) atoms. The molecule has 0 saturated carbocycles. The summed E-state index contributed by atoms with van der Waals surface area (Å²) in [5, 5.41) is 6.56. The average Bonchev–Trinajstić information content (AvgIpc) is 3.23. The molecule has 0 aromatic carbocycles. The molecule has 3 rings (SSSR count). The summed E-state index contributed by atoms with van der Waals surface area (Å²) in [6, 6.07) is 0.101. The quantitative estimate of drug-likeness (QED) is 0.828. The van der Waals surface area contributed by atoms with Crippen molar-refractivity contribution in [3.63, 3.8) is 0 Å². The van der Waals surface area contributed by atoms with E-state index < -0.39 is 0 Å². The molecule has 8 heteroatoms. The van der Waals surface area contributed by atoms with Crippen LogP contribution in [0.5, 0.6) is 0 Å². The van der Waals surface area contributed by atoms with Crippen LogP contribution in [-0.2, 0) is 16.0 Å². The molecule has 0 radical (unpaired) electrons. The van der Waals surface area contributed by atoms with Crippen molar-refractivity contribution in [2.24, 2.45) is 11.7 Å². The maximum absolute atomic E-state index is 12.0. The number of amides is 1. The second kappa shape index (κ2) is 7.47. The molecule has 2 aromatic heterocycles. The van der Waals surface area contributed by atoms with Crippen LogP contribution >= 0.6 is 23.1 Å². The molecule has 3 unspecified atom stereocenters. The topological polar surface area (TPSA) is 94.0 Å². The van der Waals surface area contributed by atoms with Crippen LogP contribution in [0.4, 0.5) is 0 Å². The first-order chi connectivity index (χ1) is 11.8. The molecule has 2 aromatic rings. The van der Waals surface area contributed by atoms with Crippen LogP contribution in [0.3, 0.4) is 0 Å². The molecule has 136 valence electrons. The Morgan fingerprint density at radius 3 is 2.88 bits per heavy atom. The molecule has 1 aliphatic rings. The lowest BCUT2D eigenvalue weighted by atomic mass is 9.91. The van der Waals surface area contributed by atoms with Crippen LogP contribution in [-0.4, -0.2) is 27.7 Å². The number of nitrogens with two attached hydrogens (primary N) is 1. The van der Waals surface area contributed by atoms with Gasteiger partial charge in [0, 0.05) is 28.8 Å². The van der Waals surface area contributed by atoms with E-state index in [2.05, 4.69) is 36.1 Å². The summed E-state index contributed by atoms with van der Waals surface area (Å²) in [4.78, 5) is 20.7.